The topological polar surface area (TPSA) is 54.0 Å². The zero-order chi connectivity index (χ0) is 14.8. The van der Waals surface area contributed by atoms with E-state index in [1.807, 2.05) is 25.1 Å². The minimum Gasteiger partial charge on any atom is -0.385 e. The summed E-state index contributed by atoms with van der Waals surface area (Å²) in [7, 11) is 0. The van der Waals surface area contributed by atoms with Crippen molar-refractivity contribution in [1.29, 1.82) is 0 Å². The van der Waals surface area contributed by atoms with Crippen molar-refractivity contribution in [2.75, 3.05) is 17.2 Å². The third kappa shape index (κ3) is 2.93. The number of anilines is 2. The van der Waals surface area contributed by atoms with Crippen molar-refractivity contribution in [3.8, 4) is 0 Å². The summed E-state index contributed by atoms with van der Waals surface area (Å²) in [6.45, 7) is 5.12. The van der Waals surface area contributed by atoms with Crippen molar-refractivity contribution in [3.63, 3.8) is 0 Å². The van der Waals surface area contributed by atoms with Gasteiger partial charge >= 0.3 is 0 Å². The molecule has 21 heavy (non-hydrogen) atoms. The van der Waals surface area contributed by atoms with Crippen LogP contribution in [0.2, 0.25) is 0 Å². The predicted molar refractivity (Wildman–Crippen MR) is 87.4 cm³/mol. The summed E-state index contributed by atoms with van der Waals surface area (Å²) in [6, 6.07) is 5.85. The lowest BCUT2D eigenvalue weighted by Gasteiger charge is -2.18. The number of nitrogens with zero attached hydrogens (tertiary/aromatic N) is 1. The second-order valence-electron chi connectivity index (χ2n) is 5.23. The van der Waals surface area contributed by atoms with Crippen LogP contribution in [0.25, 0.3) is 0 Å². The van der Waals surface area contributed by atoms with Crippen LogP contribution in [-0.4, -0.2) is 17.4 Å². The lowest BCUT2D eigenvalue weighted by atomic mass is 10.0. The highest BCUT2D eigenvalue weighted by atomic mass is 32.1. The molecule has 1 aliphatic heterocycles. The van der Waals surface area contributed by atoms with E-state index in [0.717, 1.165) is 37.2 Å². The number of rotatable bonds is 3. The Morgan fingerprint density at radius 1 is 1.48 bits per heavy atom. The van der Waals surface area contributed by atoms with Crippen LogP contribution in [0.15, 0.2) is 18.2 Å². The average Bonchev–Trinajstić information content (AvgIpc) is 2.86. The number of thiazole rings is 1. The number of carbonyl (C=O) groups excluding carboxylic acids is 1. The highest BCUT2D eigenvalue weighted by molar-refractivity contribution is 7.15. The van der Waals surface area contributed by atoms with Gasteiger partial charge in [-0.2, -0.15) is 0 Å². The van der Waals surface area contributed by atoms with Gasteiger partial charge in [0.1, 0.15) is 0 Å². The first kappa shape index (κ1) is 14.1. The molecule has 1 aliphatic rings. The monoisotopic (exact) mass is 301 g/mol. The maximum absolute atomic E-state index is 12.3. The molecule has 2 aromatic rings. The number of aryl methyl sites for hydroxylation is 3. The van der Waals surface area contributed by atoms with Crippen LogP contribution in [0, 0.1) is 6.92 Å². The van der Waals surface area contributed by atoms with E-state index < -0.39 is 0 Å². The van der Waals surface area contributed by atoms with Gasteiger partial charge in [0.15, 0.2) is 5.13 Å². The van der Waals surface area contributed by atoms with E-state index in [4.69, 9.17) is 0 Å². The van der Waals surface area contributed by atoms with Crippen molar-refractivity contribution >= 4 is 28.1 Å². The smallest absolute Gasteiger partial charge is 0.257 e. The van der Waals surface area contributed by atoms with Gasteiger partial charge < -0.3 is 5.32 Å². The Morgan fingerprint density at radius 2 is 2.33 bits per heavy atom. The normalized spacial score (nSPS) is 13.4. The Hall–Kier alpha value is -1.88. The summed E-state index contributed by atoms with van der Waals surface area (Å²) in [4.78, 5) is 18.0. The minimum atomic E-state index is -0.0835. The number of fused-ring (bicyclic) bond motifs is 1. The van der Waals surface area contributed by atoms with Gasteiger partial charge in [0.2, 0.25) is 0 Å². The Morgan fingerprint density at radius 3 is 3.10 bits per heavy atom. The van der Waals surface area contributed by atoms with Crippen LogP contribution < -0.4 is 10.6 Å². The molecule has 0 atom stereocenters. The number of benzene rings is 1. The van der Waals surface area contributed by atoms with E-state index in [9.17, 15) is 4.79 Å². The summed E-state index contributed by atoms with van der Waals surface area (Å²) < 4.78 is 0. The molecule has 0 spiro atoms. The number of hydrogen-bond acceptors (Lipinski definition) is 4. The molecule has 0 saturated carbocycles. The minimum absolute atomic E-state index is 0.0835. The Labute approximate surface area is 128 Å². The highest BCUT2D eigenvalue weighted by Crippen LogP contribution is 2.25. The first-order valence-corrected chi connectivity index (χ1v) is 8.13. The number of carbonyl (C=O) groups is 1. The number of hydrogen-bond donors (Lipinski definition) is 2. The summed E-state index contributed by atoms with van der Waals surface area (Å²) in [6.07, 6.45) is 3.03. The maximum Gasteiger partial charge on any atom is 0.257 e. The molecule has 0 radical (unpaired) electrons. The van der Waals surface area contributed by atoms with Crippen LogP contribution >= 0.6 is 11.3 Å². The fourth-order valence-electron chi connectivity index (χ4n) is 2.59. The van der Waals surface area contributed by atoms with Gasteiger partial charge in [-0.1, -0.05) is 6.92 Å². The SMILES string of the molecule is CCc1nc(NC(=O)c2ccc3c(c2)CCCN3)sc1C. The molecule has 4 nitrogen and oxygen atoms in total. The maximum atomic E-state index is 12.3. The molecule has 3 rings (SSSR count). The largest absolute Gasteiger partial charge is 0.385 e. The third-order valence-corrected chi connectivity index (χ3v) is 4.68. The van der Waals surface area contributed by atoms with Gasteiger partial charge in [-0.3, -0.25) is 10.1 Å². The molecule has 0 saturated heterocycles. The Balaban J connectivity index is 1.78. The highest BCUT2D eigenvalue weighted by Gasteiger charge is 2.14. The van der Waals surface area contributed by atoms with Crippen molar-refractivity contribution in [2.45, 2.75) is 33.1 Å². The van der Waals surface area contributed by atoms with Crippen LogP contribution in [0.3, 0.4) is 0 Å². The molecular formula is C16H19N3OS. The fourth-order valence-corrected chi connectivity index (χ4v) is 3.49. The summed E-state index contributed by atoms with van der Waals surface area (Å²) in [5.41, 5.74) is 4.13. The molecule has 5 heteroatoms. The van der Waals surface area contributed by atoms with Crippen molar-refractivity contribution < 1.29 is 4.79 Å². The molecule has 0 bridgehead atoms. The van der Waals surface area contributed by atoms with Gasteiger partial charge in [0.25, 0.3) is 5.91 Å². The third-order valence-electron chi connectivity index (χ3n) is 3.75. The molecule has 2 N–H and O–H groups in total. The van der Waals surface area contributed by atoms with E-state index in [-0.39, 0.29) is 5.91 Å². The summed E-state index contributed by atoms with van der Waals surface area (Å²) >= 11 is 1.54. The van der Waals surface area contributed by atoms with Gasteiger partial charge in [-0.15, -0.1) is 11.3 Å². The predicted octanol–water partition coefficient (Wildman–Crippen LogP) is 3.62. The van der Waals surface area contributed by atoms with E-state index in [1.165, 1.54) is 21.8 Å². The molecule has 1 amide bonds. The lowest BCUT2D eigenvalue weighted by molar-refractivity contribution is 0.102. The summed E-state index contributed by atoms with van der Waals surface area (Å²) in [5.74, 6) is -0.0835. The molecule has 0 unspecified atom stereocenters. The van der Waals surface area contributed by atoms with Gasteiger partial charge in [-0.05, 0) is 49.9 Å². The van der Waals surface area contributed by atoms with Crippen LogP contribution in [0.1, 0.15) is 39.8 Å². The molecular weight excluding hydrogens is 282 g/mol. The Kier molecular flexibility index (Phi) is 3.92. The second-order valence-corrected chi connectivity index (χ2v) is 6.44. The molecule has 0 aliphatic carbocycles. The van der Waals surface area contributed by atoms with E-state index in [0.29, 0.717) is 10.7 Å². The number of amides is 1. The van der Waals surface area contributed by atoms with Crippen molar-refractivity contribution in [3.05, 3.63) is 39.9 Å². The molecule has 110 valence electrons. The van der Waals surface area contributed by atoms with E-state index >= 15 is 0 Å². The standard InChI is InChI=1S/C16H19N3OS/c1-3-13-10(2)21-16(18-13)19-15(20)12-6-7-14-11(9-12)5-4-8-17-14/h6-7,9,17H,3-5,8H2,1-2H3,(H,18,19,20). The van der Waals surface area contributed by atoms with Gasteiger partial charge in [0, 0.05) is 22.7 Å². The Bertz CT molecular complexity index is 678. The summed E-state index contributed by atoms with van der Waals surface area (Å²) in [5, 5.41) is 6.95. The van der Waals surface area contributed by atoms with Crippen LogP contribution in [0.4, 0.5) is 10.8 Å². The number of nitrogens with one attached hydrogen (secondary N) is 2. The van der Waals surface area contributed by atoms with E-state index in [2.05, 4.69) is 22.5 Å². The molecule has 0 fully saturated rings. The van der Waals surface area contributed by atoms with Crippen molar-refractivity contribution in [2.24, 2.45) is 0 Å². The lowest BCUT2D eigenvalue weighted by Crippen LogP contribution is -2.15. The van der Waals surface area contributed by atoms with Gasteiger partial charge in [-0.25, -0.2) is 4.98 Å². The van der Waals surface area contributed by atoms with Crippen molar-refractivity contribution in [1.82, 2.24) is 4.98 Å². The molecule has 1 aromatic heterocycles. The molecule has 1 aromatic carbocycles. The first-order chi connectivity index (χ1) is 10.2. The zero-order valence-electron chi connectivity index (χ0n) is 12.3. The first-order valence-electron chi connectivity index (χ1n) is 7.32. The molecule has 2 heterocycles. The zero-order valence-corrected chi connectivity index (χ0v) is 13.1. The fraction of sp³-hybridized carbons (Fsp3) is 0.375. The van der Waals surface area contributed by atoms with Crippen LogP contribution in [-0.2, 0) is 12.8 Å². The van der Waals surface area contributed by atoms with Gasteiger partial charge in [0.05, 0.1) is 5.69 Å². The quantitative estimate of drug-likeness (QED) is 0.910. The average molecular weight is 301 g/mol. The van der Waals surface area contributed by atoms with Crippen LogP contribution in [0.5, 0.6) is 0 Å². The van der Waals surface area contributed by atoms with E-state index in [1.54, 1.807) is 0 Å². The number of aromatic nitrogens is 1. The second kappa shape index (κ2) is 5.85.